The highest BCUT2D eigenvalue weighted by atomic mass is 16.2. The molecule has 0 unspecified atom stereocenters. The zero-order chi connectivity index (χ0) is 16.4. The van der Waals surface area contributed by atoms with Gasteiger partial charge >= 0.3 is 0 Å². The minimum atomic E-state index is -0.368. The second-order valence-corrected chi connectivity index (χ2v) is 5.58. The Morgan fingerprint density at radius 2 is 1.91 bits per heavy atom. The van der Waals surface area contributed by atoms with Gasteiger partial charge in [0.1, 0.15) is 17.2 Å². The first kappa shape index (κ1) is 15.2. The zero-order valence-electron chi connectivity index (χ0n) is 13.2. The largest absolute Gasteiger partial charge is 0.353 e. The van der Waals surface area contributed by atoms with Crippen LogP contribution in [0.4, 0.5) is 5.82 Å². The molecule has 2 aromatic rings. The molecule has 3 rings (SSSR count). The number of hydrogen-bond donors (Lipinski definition) is 1. The first-order valence-corrected chi connectivity index (χ1v) is 7.59. The number of rotatable bonds is 2. The Bertz CT molecular complexity index is 764. The normalized spacial score (nSPS) is 14.9. The fourth-order valence-electron chi connectivity index (χ4n) is 2.82. The van der Waals surface area contributed by atoms with Crippen molar-refractivity contribution in [2.45, 2.75) is 13.8 Å². The maximum atomic E-state index is 12.6. The van der Waals surface area contributed by atoms with Crippen LogP contribution in [0.2, 0.25) is 0 Å². The van der Waals surface area contributed by atoms with Crippen molar-refractivity contribution in [3.63, 3.8) is 0 Å². The lowest BCUT2D eigenvalue weighted by molar-refractivity contribution is 0.0743. The standard InChI is InChI=1S/C16H19N5O2/c1-11-14(15(22)19-12(2)18-11)16(23)21-9-7-20(8-10-21)13-5-3-4-6-17-13/h3-6H,7-10H2,1-2H3,(H,18,19,22). The molecule has 7 heteroatoms. The topological polar surface area (TPSA) is 82.2 Å². The molecule has 2 aromatic heterocycles. The molecular formula is C16H19N5O2. The Hall–Kier alpha value is -2.70. The van der Waals surface area contributed by atoms with Crippen LogP contribution in [-0.4, -0.2) is 51.9 Å². The number of carbonyl (C=O) groups is 1. The van der Waals surface area contributed by atoms with Crippen LogP contribution in [-0.2, 0) is 0 Å². The summed E-state index contributed by atoms with van der Waals surface area (Å²) >= 11 is 0. The molecule has 1 fully saturated rings. The highest BCUT2D eigenvalue weighted by Gasteiger charge is 2.26. The minimum Gasteiger partial charge on any atom is -0.353 e. The van der Waals surface area contributed by atoms with Gasteiger partial charge in [0.25, 0.3) is 11.5 Å². The predicted molar refractivity (Wildman–Crippen MR) is 86.7 cm³/mol. The van der Waals surface area contributed by atoms with Gasteiger partial charge in [0, 0.05) is 32.4 Å². The van der Waals surface area contributed by atoms with Crippen molar-refractivity contribution in [3.05, 3.63) is 51.8 Å². The predicted octanol–water partition coefficient (Wildman–Crippen LogP) is 0.744. The first-order chi connectivity index (χ1) is 11.1. The number of hydrogen-bond acceptors (Lipinski definition) is 5. The molecule has 0 saturated carbocycles. The van der Waals surface area contributed by atoms with Crippen LogP contribution in [0.1, 0.15) is 21.9 Å². The van der Waals surface area contributed by atoms with Crippen LogP contribution in [0.3, 0.4) is 0 Å². The molecule has 1 aliphatic rings. The molecule has 0 atom stereocenters. The van der Waals surface area contributed by atoms with Gasteiger partial charge in [0.15, 0.2) is 0 Å². The van der Waals surface area contributed by atoms with E-state index in [0.717, 1.165) is 5.82 Å². The first-order valence-electron chi connectivity index (χ1n) is 7.59. The summed E-state index contributed by atoms with van der Waals surface area (Å²) in [5.41, 5.74) is 0.248. The second kappa shape index (κ2) is 6.20. The van der Waals surface area contributed by atoms with Crippen molar-refractivity contribution in [2.24, 2.45) is 0 Å². The number of aromatic nitrogens is 3. The van der Waals surface area contributed by atoms with Gasteiger partial charge < -0.3 is 14.8 Å². The summed E-state index contributed by atoms with van der Waals surface area (Å²) in [6.07, 6.45) is 1.76. The monoisotopic (exact) mass is 313 g/mol. The van der Waals surface area contributed by atoms with E-state index < -0.39 is 0 Å². The number of H-pyrrole nitrogens is 1. The van der Waals surface area contributed by atoms with Crippen molar-refractivity contribution < 1.29 is 4.79 Å². The van der Waals surface area contributed by atoms with E-state index in [0.29, 0.717) is 37.7 Å². The maximum absolute atomic E-state index is 12.6. The smallest absolute Gasteiger partial charge is 0.264 e. The quantitative estimate of drug-likeness (QED) is 0.884. The van der Waals surface area contributed by atoms with E-state index >= 15 is 0 Å². The molecule has 3 heterocycles. The van der Waals surface area contributed by atoms with Gasteiger partial charge in [-0.25, -0.2) is 9.97 Å². The summed E-state index contributed by atoms with van der Waals surface area (Å²) < 4.78 is 0. The van der Waals surface area contributed by atoms with Gasteiger partial charge in [-0.05, 0) is 26.0 Å². The maximum Gasteiger partial charge on any atom is 0.264 e. The average Bonchev–Trinajstić information content (AvgIpc) is 2.55. The molecule has 7 nitrogen and oxygen atoms in total. The van der Waals surface area contributed by atoms with E-state index in [9.17, 15) is 9.59 Å². The number of pyridine rings is 1. The van der Waals surface area contributed by atoms with Gasteiger partial charge in [-0.1, -0.05) is 6.07 Å². The van der Waals surface area contributed by atoms with Crippen LogP contribution in [0.15, 0.2) is 29.2 Å². The van der Waals surface area contributed by atoms with Crippen molar-refractivity contribution in [1.29, 1.82) is 0 Å². The Morgan fingerprint density at radius 3 is 2.52 bits per heavy atom. The van der Waals surface area contributed by atoms with E-state index in [-0.39, 0.29) is 17.0 Å². The van der Waals surface area contributed by atoms with E-state index in [2.05, 4.69) is 19.9 Å². The van der Waals surface area contributed by atoms with E-state index in [1.165, 1.54) is 0 Å². The van der Waals surface area contributed by atoms with Crippen molar-refractivity contribution in [1.82, 2.24) is 19.9 Å². The second-order valence-electron chi connectivity index (χ2n) is 5.58. The van der Waals surface area contributed by atoms with E-state index in [4.69, 9.17) is 0 Å². The fraction of sp³-hybridized carbons (Fsp3) is 0.375. The van der Waals surface area contributed by atoms with E-state index in [1.807, 2.05) is 18.2 Å². The summed E-state index contributed by atoms with van der Waals surface area (Å²) in [5.74, 6) is 1.17. The Morgan fingerprint density at radius 1 is 1.17 bits per heavy atom. The van der Waals surface area contributed by atoms with Crippen molar-refractivity contribution in [3.8, 4) is 0 Å². The van der Waals surface area contributed by atoms with Crippen LogP contribution in [0.25, 0.3) is 0 Å². The summed E-state index contributed by atoms with van der Waals surface area (Å²) in [6, 6.07) is 5.78. The van der Waals surface area contributed by atoms with E-state index in [1.54, 1.807) is 24.9 Å². The highest BCUT2D eigenvalue weighted by molar-refractivity contribution is 5.95. The molecular weight excluding hydrogens is 294 g/mol. The summed E-state index contributed by atoms with van der Waals surface area (Å²) in [5, 5.41) is 0. The zero-order valence-corrected chi connectivity index (χ0v) is 13.2. The fourth-order valence-corrected chi connectivity index (χ4v) is 2.82. The Kier molecular flexibility index (Phi) is 4.10. The number of anilines is 1. The number of nitrogens with zero attached hydrogens (tertiary/aromatic N) is 4. The SMILES string of the molecule is Cc1nc(C)c(C(=O)N2CCN(c3ccccn3)CC2)c(=O)[nH]1. The number of carbonyl (C=O) groups excluding carboxylic acids is 1. The van der Waals surface area contributed by atoms with Crippen molar-refractivity contribution >= 4 is 11.7 Å². The highest BCUT2D eigenvalue weighted by Crippen LogP contribution is 2.14. The van der Waals surface area contributed by atoms with Crippen molar-refractivity contribution in [2.75, 3.05) is 31.1 Å². The number of nitrogens with one attached hydrogen (secondary N) is 1. The molecule has 1 saturated heterocycles. The van der Waals surface area contributed by atoms with Gasteiger partial charge in [-0.3, -0.25) is 9.59 Å². The third kappa shape index (κ3) is 3.08. The lowest BCUT2D eigenvalue weighted by Crippen LogP contribution is -2.50. The number of amides is 1. The number of aryl methyl sites for hydroxylation is 2. The lowest BCUT2D eigenvalue weighted by Gasteiger charge is -2.35. The average molecular weight is 313 g/mol. The van der Waals surface area contributed by atoms with Crippen LogP contribution in [0, 0.1) is 13.8 Å². The van der Waals surface area contributed by atoms with Gasteiger partial charge in [-0.2, -0.15) is 0 Å². The number of aromatic amines is 1. The van der Waals surface area contributed by atoms with Gasteiger partial charge in [0.2, 0.25) is 0 Å². The minimum absolute atomic E-state index is 0.141. The molecule has 120 valence electrons. The molecule has 0 spiro atoms. The van der Waals surface area contributed by atoms with Crippen LogP contribution in [0.5, 0.6) is 0 Å². The molecule has 1 N–H and O–H groups in total. The summed E-state index contributed by atoms with van der Waals surface area (Å²) in [7, 11) is 0. The summed E-state index contributed by atoms with van der Waals surface area (Å²) in [4.78, 5) is 39.6. The molecule has 1 amide bonds. The molecule has 0 radical (unpaired) electrons. The molecule has 0 bridgehead atoms. The van der Waals surface area contributed by atoms with Gasteiger partial charge in [-0.15, -0.1) is 0 Å². The lowest BCUT2D eigenvalue weighted by atomic mass is 10.2. The van der Waals surface area contributed by atoms with Crippen LogP contribution < -0.4 is 10.5 Å². The molecule has 23 heavy (non-hydrogen) atoms. The molecule has 0 aromatic carbocycles. The number of piperazine rings is 1. The molecule has 0 aliphatic carbocycles. The Labute approximate surface area is 134 Å². The van der Waals surface area contributed by atoms with Gasteiger partial charge in [0.05, 0.1) is 5.69 Å². The summed E-state index contributed by atoms with van der Waals surface area (Å²) in [6.45, 7) is 5.90. The third-order valence-corrected chi connectivity index (χ3v) is 3.97. The van der Waals surface area contributed by atoms with Crippen LogP contribution >= 0.6 is 0 Å². The Balaban J connectivity index is 1.73. The third-order valence-electron chi connectivity index (χ3n) is 3.97. The molecule has 1 aliphatic heterocycles.